The van der Waals surface area contributed by atoms with E-state index in [0.29, 0.717) is 18.7 Å². The summed E-state index contributed by atoms with van der Waals surface area (Å²) in [7, 11) is 1.62. The molecule has 0 bridgehead atoms. The Bertz CT molecular complexity index is 654. The highest BCUT2D eigenvalue weighted by atomic mass is 32.1. The third kappa shape index (κ3) is 3.72. The average molecular weight is 319 g/mol. The normalized spacial score (nSPS) is 11.6. The number of thiazole rings is 1. The van der Waals surface area contributed by atoms with Gasteiger partial charge >= 0.3 is 5.97 Å². The minimum atomic E-state index is -0.934. The molecule has 1 aromatic carbocycles. The molecule has 2 aromatic rings. The maximum absolute atomic E-state index is 11.4. The molecule has 0 saturated carbocycles. The third-order valence-electron chi connectivity index (χ3n) is 3.41. The number of hydrogen-bond acceptors (Lipinski definition) is 4. The summed E-state index contributed by atoms with van der Waals surface area (Å²) in [6, 6.07) is 7.97. The van der Waals surface area contributed by atoms with Crippen molar-refractivity contribution in [3.63, 3.8) is 0 Å². The Labute approximate surface area is 134 Å². The fourth-order valence-electron chi connectivity index (χ4n) is 2.13. The van der Waals surface area contributed by atoms with E-state index >= 15 is 0 Å². The van der Waals surface area contributed by atoms with E-state index in [4.69, 9.17) is 4.74 Å². The van der Waals surface area contributed by atoms with Crippen LogP contribution in [0.5, 0.6) is 0 Å². The number of aromatic nitrogens is 1. The van der Waals surface area contributed by atoms with Gasteiger partial charge in [0.15, 0.2) is 0 Å². The van der Waals surface area contributed by atoms with Gasteiger partial charge in [0, 0.05) is 19.1 Å². The predicted molar refractivity (Wildman–Crippen MR) is 88.8 cm³/mol. The molecule has 0 fully saturated rings. The standard InChI is InChI=1S/C17H21NO3S/c1-17(2,3)12-7-5-11(6-8-12)14-15(16(19)20)22-13(18-14)9-10-21-4/h5-8H,9-10H2,1-4H3,(H,19,20). The first kappa shape index (κ1) is 16.6. The van der Waals surface area contributed by atoms with Crippen molar-refractivity contribution >= 4 is 17.3 Å². The third-order valence-corrected chi connectivity index (χ3v) is 4.51. The van der Waals surface area contributed by atoms with Gasteiger partial charge in [-0.2, -0.15) is 0 Å². The summed E-state index contributed by atoms with van der Waals surface area (Å²) in [6.07, 6.45) is 0.627. The van der Waals surface area contributed by atoms with Gasteiger partial charge in [0.25, 0.3) is 0 Å². The molecule has 1 N–H and O–H groups in total. The molecule has 118 valence electrons. The van der Waals surface area contributed by atoms with Crippen molar-refractivity contribution < 1.29 is 14.6 Å². The smallest absolute Gasteiger partial charge is 0.348 e. The molecule has 0 spiro atoms. The number of carbonyl (C=O) groups is 1. The maximum Gasteiger partial charge on any atom is 0.348 e. The maximum atomic E-state index is 11.4. The van der Waals surface area contributed by atoms with Crippen molar-refractivity contribution in [2.75, 3.05) is 13.7 Å². The van der Waals surface area contributed by atoms with Crippen molar-refractivity contribution in [2.45, 2.75) is 32.6 Å². The zero-order chi connectivity index (χ0) is 16.3. The highest BCUT2D eigenvalue weighted by Crippen LogP contribution is 2.31. The number of carboxylic acids is 1. The number of hydrogen-bond donors (Lipinski definition) is 1. The molecule has 0 saturated heterocycles. The Hall–Kier alpha value is -1.72. The summed E-state index contributed by atoms with van der Waals surface area (Å²) in [4.78, 5) is 16.2. The molecule has 1 heterocycles. The highest BCUT2D eigenvalue weighted by molar-refractivity contribution is 7.14. The van der Waals surface area contributed by atoms with E-state index in [1.54, 1.807) is 7.11 Å². The number of benzene rings is 1. The largest absolute Gasteiger partial charge is 0.477 e. The van der Waals surface area contributed by atoms with E-state index in [-0.39, 0.29) is 10.3 Å². The monoisotopic (exact) mass is 319 g/mol. The van der Waals surface area contributed by atoms with Crippen LogP contribution in [-0.4, -0.2) is 29.8 Å². The molecule has 2 rings (SSSR count). The molecule has 0 aliphatic heterocycles. The van der Waals surface area contributed by atoms with Gasteiger partial charge in [-0.1, -0.05) is 45.0 Å². The van der Waals surface area contributed by atoms with Gasteiger partial charge in [-0.25, -0.2) is 9.78 Å². The van der Waals surface area contributed by atoms with E-state index in [9.17, 15) is 9.90 Å². The fourth-order valence-corrected chi connectivity index (χ4v) is 3.03. The molecule has 0 aliphatic carbocycles. The summed E-state index contributed by atoms with van der Waals surface area (Å²) in [5.74, 6) is -0.934. The molecule has 0 amide bonds. The minimum absolute atomic E-state index is 0.0693. The lowest BCUT2D eigenvalue weighted by Gasteiger charge is -2.19. The Morgan fingerprint density at radius 2 is 1.91 bits per heavy atom. The Balaban J connectivity index is 2.38. The van der Waals surface area contributed by atoms with Gasteiger partial charge in [-0.05, 0) is 11.0 Å². The molecule has 0 atom stereocenters. The van der Waals surface area contributed by atoms with Crippen molar-refractivity contribution in [1.82, 2.24) is 4.98 Å². The first-order valence-corrected chi connectivity index (χ1v) is 7.97. The van der Waals surface area contributed by atoms with E-state index < -0.39 is 5.97 Å². The number of methoxy groups -OCH3 is 1. The molecule has 0 radical (unpaired) electrons. The molecule has 22 heavy (non-hydrogen) atoms. The quantitative estimate of drug-likeness (QED) is 0.905. The van der Waals surface area contributed by atoms with Crippen LogP contribution in [0.4, 0.5) is 0 Å². The Morgan fingerprint density at radius 1 is 1.27 bits per heavy atom. The lowest BCUT2D eigenvalue weighted by atomic mass is 9.86. The van der Waals surface area contributed by atoms with Gasteiger partial charge in [0.05, 0.1) is 17.3 Å². The molecule has 4 nitrogen and oxygen atoms in total. The van der Waals surface area contributed by atoms with Crippen molar-refractivity contribution in [2.24, 2.45) is 0 Å². The summed E-state index contributed by atoms with van der Waals surface area (Å²) < 4.78 is 5.03. The van der Waals surface area contributed by atoms with Crippen LogP contribution in [0, 0.1) is 0 Å². The number of ether oxygens (including phenoxy) is 1. The van der Waals surface area contributed by atoms with Gasteiger partial charge in [0.1, 0.15) is 4.88 Å². The summed E-state index contributed by atoms with van der Waals surface area (Å²) in [5.41, 5.74) is 2.66. The van der Waals surface area contributed by atoms with E-state index in [1.165, 1.54) is 16.9 Å². The van der Waals surface area contributed by atoms with Crippen LogP contribution in [0.1, 0.15) is 41.0 Å². The van der Waals surface area contributed by atoms with Crippen LogP contribution in [-0.2, 0) is 16.6 Å². The summed E-state index contributed by atoms with van der Waals surface area (Å²) in [5, 5.41) is 10.2. The van der Waals surface area contributed by atoms with Crippen molar-refractivity contribution in [3.8, 4) is 11.3 Å². The van der Waals surface area contributed by atoms with Crippen molar-refractivity contribution in [1.29, 1.82) is 0 Å². The molecule has 0 unspecified atom stereocenters. The summed E-state index contributed by atoms with van der Waals surface area (Å²) >= 11 is 1.22. The van der Waals surface area contributed by atoms with Gasteiger partial charge < -0.3 is 9.84 Å². The second-order valence-electron chi connectivity index (χ2n) is 6.16. The highest BCUT2D eigenvalue weighted by Gasteiger charge is 2.19. The minimum Gasteiger partial charge on any atom is -0.477 e. The topological polar surface area (TPSA) is 59.4 Å². The van der Waals surface area contributed by atoms with E-state index in [2.05, 4.69) is 25.8 Å². The number of nitrogens with zero attached hydrogens (tertiary/aromatic N) is 1. The second-order valence-corrected chi connectivity index (χ2v) is 7.24. The number of rotatable bonds is 5. The number of carboxylic acid groups (broad SMARTS) is 1. The number of aromatic carboxylic acids is 1. The predicted octanol–water partition coefficient (Wildman–Crippen LogP) is 3.99. The molecule has 0 aliphatic rings. The Morgan fingerprint density at radius 3 is 2.41 bits per heavy atom. The lowest BCUT2D eigenvalue weighted by molar-refractivity contribution is 0.0702. The van der Waals surface area contributed by atoms with Crippen LogP contribution >= 0.6 is 11.3 Å². The van der Waals surface area contributed by atoms with Gasteiger partial charge in [-0.15, -0.1) is 11.3 Å². The van der Waals surface area contributed by atoms with Crippen LogP contribution in [0.15, 0.2) is 24.3 Å². The molecule has 5 heteroatoms. The average Bonchev–Trinajstić information content (AvgIpc) is 2.89. The first-order chi connectivity index (χ1) is 10.3. The van der Waals surface area contributed by atoms with Crippen LogP contribution in [0.25, 0.3) is 11.3 Å². The second kappa shape index (κ2) is 6.58. The summed E-state index contributed by atoms with van der Waals surface area (Å²) in [6.45, 7) is 6.98. The zero-order valence-corrected chi connectivity index (χ0v) is 14.2. The van der Waals surface area contributed by atoms with E-state index in [1.807, 2.05) is 24.3 Å². The van der Waals surface area contributed by atoms with E-state index in [0.717, 1.165) is 10.6 Å². The molecular formula is C17H21NO3S. The Kier molecular flexibility index (Phi) is 4.98. The SMILES string of the molecule is COCCc1nc(-c2ccc(C(C)(C)C)cc2)c(C(=O)O)s1. The lowest BCUT2D eigenvalue weighted by Crippen LogP contribution is -2.10. The van der Waals surface area contributed by atoms with Gasteiger partial charge in [-0.3, -0.25) is 0 Å². The molecule has 1 aromatic heterocycles. The van der Waals surface area contributed by atoms with Gasteiger partial charge in [0.2, 0.25) is 0 Å². The molecular weight excluding hydrogens is 298 g/mol. The van der Waals surface area contributed by atoms with Crippen LogP contribution < -0.4 is 0 Å². The van der Waals surface area contributed by atoms with Crippen LogP contribution in [0.3, 0.4) is 0 Å². The fraction of sp³-hybridized carbons (Fsp3) is 0.412. The first-order valence-electron chi connectivity index (χ1n) is 7.16. The zero-order valence-electron chi connectivity index (χ0n) is 13.3. The van der Waals surface area contributed by atoms with Crippen molar-refractivity contribution in [3.05, 3.63) is 39.7 Å². The van der Waals surface area contributed by atoms with Crippen LogP contribution in [0.2, 0.25) is 0 Å².